The minimum absolute atomic E-state index is 0.950. The fraction of sp³-hybridized carbons (Fsp3) is 0.647. The Bertz CT molecular complexity index is 427. The summed E-state index contributed by atoms with van der Waals surface area (Å²) in [5.74, 6) is 0.950. The SMILES string of the molecule is CCC1CCCN(c2cccc3c2CCNC3)CC1. The van der Waals surface area contributed by atoms with Crippen molar-refractivity contribution in [1.82, 2.24) is 5.32 Å². The largest absolute Gasteiger partial charge is 0.371 e. The lowest BCUT2D eigenvalue weighted by Gasteiger charge is -2.29. The van der Waals surface area contributed by atoms with Gasteiger partial charge in [0.1, 0.15) is 0 Å². The highest BCUT2D eigenvalue weighted by molar-refractivity contribution is 5.57. The molecule has 1 aromatic rings. The summed E-state index contributed by atoms with van der Waals surface area (Å²) in [5, 5.41) is 3.48. The van der Waals surface area contributed by atoms with Crippen LogP contribution in [0.5, 0.6) is 0 Å². The van der Waals surface area contributed by atoms with Crippen LogP contribution in [0.25, 0.3) is 0 Å². The standard InChI is InChI=1S/C17H26N2/c1-2-14-5-4-11-19(12-9-14)17-7-3-6-15-13-18-10-8-16(15)17/h3,6-7,14,18H,2,4-5,8-13H2,1H3. The van der Waals surface area contributed by atoms with E-state index in [9.17, 15) is 0 Å². The van der Waals surface area contributed by atoms with Crippen LogP contribution in [-0.2, 0) is 13.0 Å². The van der Waals surface area contributed by atoms with Crippen molar-refractivity contribution in [2.75, 3.05) is 24.5 Å². The number of rotatable bonds is 2. The molecule has 0 spiro atoms. The highest BCUT2D eigenvalue weighted by Crippen LogP contribution is 2.30. The summed E-state index contributed by atoms with van der Waals surface area (Å²) in [5.41, 5.74) is 4.65. The number of nitrogens with zero attached hydrogens (tertiary/aromatic N) is 1. The molecule has 19 heavy (non-hydrogen) atoms. The number of hydrogen-bond acceptors (Lipinski definition) is 2. The summed E-state index contributed by atoms with van der Waals surface area (Å²) in [7, 11) is 0. The summed E-state index contributed by atoms with van der Waals surface area (Å²) in [4.78, 5) is 2.65. The first-order valence-corrected chi connectivity index (χ1v) is 7.95. The molecule has 0 aliphatic carbocycles. The van der Waals surface area contributed by atoms with Crippen molar-refractivity contribution in [3.8, 4) is 0 Å². The van der Waals surface area contributed by atoms with E-state index in [1.807, 2.05) is 0 Å². The topological polar surface area (TPSA) is 15.3 Å². The molecule has 2 heterocycles. The van der Waals surface area contributed by atoms with Crippen LogP contribution in [0.15, 0.2) is 18.2 Å². The third-order valence-electron chi connectivity index (χ3n) is 4.88. The van der Waals surface area contributed by atoms with Gasteiger partial charge >= 0.3 is 0 Å². The number of benzene rings is 1. The highest BCUT2D eigenvalue weighted by Gasteiger charge is 2.20. The number of fused-ring (bicyclic) bond motifs is 1. The molecule has 0 saturated carbocycles. The monoisotopic (exact) mass is 258 g/mol. The highest BCUT2D eigenvalue weighted by atomic mass is 15.1. The van der Waals surface area contributed by atoms with Crippen LogP contribution in [0.2, 0.25) is 0 Å². The van der Waals surface area contributed by atoms with Crippen LogP contribution in [0.4, 0.5) is 5.69 Å². The van der Waals surface area contributed by atoms with Gasteiger partial charge in [-0.1, -0.05) is 25.5 Å². The molecular weight excluding hydrogens is 232 g/mol. The van der Waals surface area contributed by atoms with Crippen LogP contribution >= 0.6 is 0 Å². The van der Waals surface area contributed by atoms with Crippen LogP contribution in [0.3, 0.4) is 0 Å². The Kier molecular flexibility index (Phi) is 4.07. The van der Waals surface area contributed by atoms with Gasteiger partial charge < -0.3 is 10.2 Å². The van der Waals surface area contributed by atoms with E-state index in [0.29, 0.717) is 0 Å². The molecule has 1 saturated heterocycles. The Labute approximate surface area is 117 Å². The lowest BCUT2D eigenvalue weighted by molar-refractivity contribution is 0.459. The van der Waals surface area contributed by atoms with Crippen LogP contribution in [0.1, 0.15) is 43.7 Å². The van der Waals surface area contributed by atoms with E-state index in [1.165, 1.54) is 56.4 Å². The molecule has 0 radical (unpaired) electrons. The molecule has 1 atom stereocenters. The number of nitrogens with one attached hydrogen (secondary N) is 1. The van der Waals surface area contributed by atoms with E-state index in [-0.39, 0.29) is 0 Å². The Morgan fingerprint density at radius 3 is 3.11 bits per heavy atom. The van der Waals surface area contributed by atoms with Gasteiger partial charge in [-0.2, -0.15) is 0 Å². The average molecular weight is 258 g/mol. The first-order valence-electron chi connectivity index (χ1n) is 7.95. The molecule has 0 amide bonds. The van der Waals surface area contributed by atoms with Crippen molar-refractivity contribution >= 4 is 5.69 Å². The maximum atomic E-state index is 3.48. The second kappa shape index (κ2) is 5.96. The quantitative estimate of drug-likeness (QED) is 0.875. The van der Waals surface area contributed by atoms with Crippen molar-refractivity contribution in [2.45, 2.75) is 45.6 Å². The summed E-state index contributed by atoms with van der Waals surface area (Å²) in [6.07, 6.45) is 6.70. The minimum Gasteiger partial charge on any atom is -0.371 e. The summed E-state index contributed by atoms with van der Waals surface area (Å²) in [6.45, 7) is 7.03. The predicted molar refractivity (Wildman–Crippen MR) is 81.7 cm³/mol. The second-order valence-electron chi connectivity index (χ2n) is 6.03. The lowest BCUT2D eigenvalue weighted by atomic mass is 9.97. The molecule has 0 aromatic heterocycles. The van der Waals surface area contributed by atoms with E-state index in [0.717, 1.165) is 19.0 Å². The maximum absolute atomic E-state index is 3.48. The van der Waals surface area contributed by atoms with Gasteiger partial charge in [0.15, 0.2) is 0 Å². The van der Waals surface area contributed by atoms with Crippen molar-refractivity contribution in [2.24, 2.45) is 5.92 Å². The zero-order valence-electron chi connectivity index (χ0n) is 12.1. The van der Waals surface area contributed by atoms with Crippen molar-refractivity contribution < 1.29 is 0 Å². The summed E-state index contributed by atoms with van der Waals surface area (Å²) < 4.78 is 0. The van der Waals surface area contributed by atoms with Crippen LogP contribution < -0.4 is 10.2 Å². The molecule has 3 rings (SSSR count). The predicted octanol–water partition coefficient (Wildman–Crippen LogP) is 3.35. The molecule has 1 aromatic carbocycles. The Hall–Kier alpha value is -1.02. The number of anilines is 1. The zero-order valence-corrected chi connectivity index (χ0v) is 12.1. The normalized spacial score (nSPS) is 23.8. The number of hydrogen-bond donors (Lipinski definition) is 1. The zero-order chi connectivity index (χ0) is 13.1. The van der Waals surface area contributed by atoms with Crippen molar-refractivity contribution in [3.63, 3.8) is 0 Å². The van der Waals surface area contributed by atoms with Gasteiger partial charge in [0.05, 0.1) is 0 Å². The van der Waals surface area contributed by atoms with Gasteiger partial charge in [0, 0.05) is 25.3 Å². The Balaban J connectivity index is 1.81. The molecule has 2 heteroatoms. The Morgan fingerprint density at radius 2 is 2.21 bits per heavy atom. The van der Waals surface area contributed by atoms with Crippen LogP contribution in [0, 0.1) is 5.92 Å². The van der Waals surface area contributed by atoms with Crippen LogP contribution in [-0.4, -0.2) is 19.6 Å². The van der Waals surface area contributed by atoms with Crippen molar-refractivity contribution in [3.05, 3.63) is 29.3 Å². The maximum Gasteiger partial charge on any atom is 0.0402 e. The summed E-state index contributed by atoms with van der Waals surface area (Å²) in [6, 6.07) is 6.87. The van der Waals surface area contributed by atoms with Gasteiger partial charge in [0.25, 0.3) is 0 Å². The molecule has 1 N–H and O–H groups in total. The lowest BCUT2D eigenvalue weighted by Crippen LogP contribution is -2.29. The molecule has 2 nitrogen and oxygen atoms in total. The third kappa shape index (κ3) is 2.79. The molecule has 2 aliphatic heterocycles. The van der Waals surface area contributed by atoms with E-state index >= 15 is 0 Å². The van der Waals surface area contributed by atoms with E-state index in [4.69, 9.17) is 0 Å². The first kappa shape index (κ1) is 13.0. The smallest absolute Gasteiger partial charge is 0.0402 e. The van der Waals surface area contributed by atoms with Gasteiger partial charge in [-0.3, -0.25) is 0 Å². The van der Waals surface area contributed by atoms with Gasteiger partial charge in [-0.05, 0) is 55.3 Å². The molecule has 104 valence electrons. The molecule has 0 bridgehead atoms. The second-order valence-corrected chi connectivity index (χ2v) is 6.03. The van der Waals surface area contributed by atoms with Gasteiger partial charge in [-0.25, -0.2) is 0 Å². The third-order valence-corrected chi connectivity index (χ3v) is 4.88. The Morgan fingerprint density at radius 1 is 1.26 bits per heavy atom. The average Bonchev–Trinajstić information content (AvgIpc) is 2.72. The molecule has 1 fully saturated rings. The van der Waals surface area contributed by atoms with Crippen molar-refractivity contribution in [1.29, 1.82) is 0 Å². The molecular formula is C17H26N2. The first-order chi connectivity index (χ1) is 9.38. The minimum atomic E-state index is 0.950. The van der Waals surface area contributed by atoms with E-state index in [1.54, 1.807) is 5.56 Å². The fourth-order valence-corrected chi connectivity index (χ4v) is 3.62. The summed E-state index contributed by atoms with van der Waals surface area (Å²) >= 11 is 0. The fourth-order valence-electron chi connectivity index (χ4n) is 3.62. The van der Waals surface area contributed by atoms with Gasteiger partial charge in [-0.15, -0.1) is 0 Å². The van der Waals surface area contributed by atoms with E-state index in [2.05, 4.69) is 35.3 Å². The van der Waals surface area contributed by atoms with Gasteiger partial charge in [0.2, 0.25) is 0 Å². The van der Waals surface area contributed by atoms with E-state index < -0.39 is 0 Å². The molecule has 2 aliphatic rings. The molecule has 1 unspecified atom stereocenters.